The van der Waals surface area contributed by atoms with Gasteiger partial charge in [0.2, 0.25) is 23.6 Å². The van der Waals surface area contributed by atoms with Crippen molar-refractivity contribution in [3.8, 4) is 33.6 Å². The molecule has 4 aromatic rings. The van der Waals surface area contributed by atoms with Crippen molar-refractivity contribution in [2.45, 2.75) is 62.7 Å². The van der Waals surface area contributed by atoms with Gasteiger partial charge in [-0.05, 0) is 47.9 Å². The zero-order chi connectivity index (χ0) is 34.9. The number of carbonyl (C=O) groups is 5. The number of benzene rings is 2. The highest BCUT2D eigenvalue weighted by Gasteiger charge is 2.39. The molecule has 258 valence electrons. The van der Waals surface area contributed by atoms with Gasteiger partial charge in [-0.2, -0.15) is 0 Å². The molecule has 0 bridgehead atoms. The summed E-state index contributed by atoms with van der Waals surface area (Å²) in [7, 11) is 0. The highest BCUT2D eigenvalue weighted by Crippen LogP contribution is 2.34. The van der Waals surface area contributed by atoms with Gasteiger partial charge in [-0.1, -0.05) is 48.5 Å². The zero-order valence-corrected chi connectivity index (χ0v) is 27.2. The fraction of sp³-hybridized carbons (Fsp3) is 0.343. The summed E-state index contributed by atoms with van der Waals surface area (Å²) in [6, 6.07) is 13.2. The van der Waals surface area contributed by atoms with Crippen molar-refractivity contribution in [3.63, 3.8) is 0 Å². The molecule has 2 aromatic carbocycles. The average Bonchev–Trinajstić information content (AvgIpc) is 3.93. The van der Waals surface area contributed by atoms with E-state index in [1.807, 2.05) is 48.5 Å². The average molecular weight is 679 g/mol. The first-order valence-corrected chi connectivity index (χ1v) is 16.7. The molecule has 7 rings (SSSR count). The predicted octanol–water partition coefficient (Wildman–Crippen LogP) is 2.26. The van der Waals surface area contributed by atoms with Crippen LogP contribution in [0.25, 0.3) is 33.6 Å². The smallest absolute Gasteiger partial charge is 0.322 e. The van der Waals surface area contributed by atoms with Crippen LogP contribution in [0.1, 0.15) is 62.3 Å². The maximum atomic E-state index is 13.2. The van der Waals surface area contributed by atoms with E-state index in [4.69, 9.17) is 11.5 Å². The predicted molar refractivity (Wildman–Crippen MR) is 181 cm³/mol. The van der Waals surface area contributed by atoms with Crippen LogP contribution in [0.2, 0.25) is 0 Å². The molecule has 0 saturated carbocycles. The molecular formula is C35H38N10O5. The minimum Gasteiger partial charge on any atom is -0.370 e. The summed E-state index contributed by atoms with van der Waals surface area (Å²) in [6.45, 7) is 1.07. The summed E-state index contributed by atoms with van der Waals surface area (Å²) in [5.74, 6) is -0.320. The lowest BCUT2D eigenvalue weighted by molar-refractivity contribution is -0.137. The molecule has 3 aliphatic rings. The topological polar surface area (TPSA) is 225 Å². The molecule has 8 N–H and O–H groups in total. The van der Waals surface area contributed by atoms with Crippen molar-refractivity contribution in [1.82, 2.24) is 40.4 Å². The fourth-order valence-electron chi connectivity index (χ4n) is 7.09. The number of nitrogens with one attached hydrogen (secondary N) is 4. The van der Waals surface area contributed by atoms with Crippen molar-refractivity contribution in [1.29, 1.82) is 0 Å². The molecule has 0 radical (unpaired) electrons. The number of imidazole rings is 2. The van der Waals surface area contributed by atoms with Crippen molar-refractivity contribution >= 4 is 29.7 Å². The number of hydrogen-bond donors (Lipinski definition) is 6. The molecule has 2 aromatic heterocycles. The van der Waals surface area contributed by atoms with E-state index in [-0.39, 0.29) is 36.7 Å². The number of aromatic amines is 2. The van der Waals surface area contributed by atoms with Crippen LogP contribution < -0.4 is 22.1 Å². The Morgan fingerprint density at radius 2 is 1.28 bits per heavy atom. The molecule has 5 heterocycles. The number of primary amides is 1. The molecule has 4 atom stereocenters. The van der Waals surface area contributed by atoms with Crippen molar-refractivity contribution in [2.75, 3.05) is 13.1 Å². The first-order valence-electron chi connectivity index (χ1n) is 16.7. The summed E-state index contributed by atoms with van der Waals surface area (Å²) in [5.41, 5.74) is 16.8. The Morgan fingerprint density at radius 1 is 0.780 bits per heavy atom. The van der Waals surface area contributed by atoms with Crippen LogP contribution in [-0.2, 0) is 19.2 Å². The van der Waals surface area contributed by atoms with Gasteiger partial charge >= 0.3 is 6.03 Å². The Kier molecular flexibility index (Phi) is 8.89. The quantitative estimate of drug-likeness (QED) is 0.154. The number of imide groups is 1. The van der Waals surface area contributed by atoms with Crippen LogP contribution in [0.15, 0.2) is 60.9 Å². The largest absolute Gasteiger partial charge is 0.370 e. The maximum Gasteiger partial charge on any atom is 0.322 e. The molecule has 15 nitrogen and oxygen atoms in total. The number of carbonyl (C=O) groups excluding carboxylic acids is 5. The molecule has 0 aliphatic carbocycles. The normalized spacial score (nSPS) is 21.2. The number of likely N-dealkylation sites (tertiary alicyclic amines) is 2. The van der Waals surface area contributed by atoms with Crippen LogP contribution in [0.4, 0.5) is 4.79 Å². The van der Waals surface area contributed by atoms with Crippen LogP contribution in [0.5, 0.6) is 0 Å². The van der Waals surface area contributed by atoms with E-state index in [2.05, 4.69) is 30.6 Å². The lowest BCUT2D eigenvalue weighted by atomic mass is 10.0. The first kappa shape index (κ1) is 32.7. The van der Waals surface area contributed by atoms with E-state index < -0.39 is 29.9 Å². The van der Waals surface area contributed by atoms with Crippen LogP contribution in [0.3, 0.4) is 0 Å². The lowest BCUT2D eigenvalue weighted by Crippen LogP contribution is -2.58. The number of H-pyrrole nitrogens is 2. The van der Waals surface area contributed by atoms with E-state index in [1.165, 1.54) is 0 Å². The minimum absolute atomic E-state index is 0.0867. The van der Waals surface area contributed by atoms with Gasteiger partial charge in [-0.25, -0.2) is 14.8 Å². The number of rotatable bonds is 9. The number of nitrogens with two attached hydrogens (primary N) is 2. The van der Waals surface area contributed by atoms with E-state index in [0.717, 1.165) is 59.3 Å². The molecule has 0 unspecified atom stereocenters. The van der Waals surface area contributed by atoms with Gasteiger partial charge in [0.05, 0.1) is 54.7 Å². The van der Waals surface area contributed by atoms with Gasteiger partial charge in [-0.3, -0.25) is 24.5 Å². The molecule has 50 heavy (non-hydrogen) atoms. The Morgan fingerprint density at radius 3 is 1.80 bits per heavy atom. The molecular weight excluding hydrogens is 640 g/mol. The zero-order valence-electron chi connectivity index (χ0n) is 27.2. The summed E-state index contributed by atoms with van der Waals surface area (Å²) in [4.78, 5) is 80.2. The number of nitrogens with zero attached hydrogens (tertiary/aromatic N) is 4. The van der Waals surface area contributed by atoms with Crippen LogP contribution in [-0.4, -0.2) is 84.6 Å². The van der Waals surface area contributed by atoms with E-state index in [1.54, 1.807) is 22.2 Å². The Hall–Kier alpha value is -5.83. The highest BCUT2D eigenvalue weighted by atomic mass is 16.2. The third-order valence-corrected chi connectivity index (χ3v) is 9.60. The fourth-order valence-corrected chi connectivity index (χ4v) is 7.09. The van der Waals surface area contributed by atoms with Crippen molar-refractivity contribution < 1.29 is 24.0 Å². The SMILES string of the molecule is NC(=O)C[C@H](N)C(=O)N1CCC[C@H]1c1ncc(-c2ccc(-c3ccc(-c4cnc([C@@H]5CCCN5C(=O)[C@@H]5CC(=O)NC(=O)N5)[nH]4)cc3)cc2)[nH]1. The van der Waals surface area contributed by atoms with Gasteiger partial charge in [0.25, 0.3) is 0 Å². The monoisotopic (exact) mass is 678 g/mol. The molecule has 6 amide bonds. The number of aromatic nitrogens is 4. The van der Waals surface area contributed by atoms with Gasteiger partial charge < -0.3 is 36.6 Å². The molecule has 3 saturated heterocycles. The van der Waals surface area contributed by atoms with Crippen LogP contribution in [0, 0.1) is 0 Å². The lowest BCUT2D eigenvalue weighted by Gasteiger charge is -2.30. The second-order valence-electron chi connectivity index (χ2n) is 13.0. The number of amides is 6. The van der Waals surface area contributed by atoms with E-state index in [0.29, 0.717) is 24.7 Å². The summed E-state index contributed by atoms with van der Waals surface area (Å²) in [5, 5.41) is 4.71. The standard InChI is InChI=1S/C35H38N10O5/c36-23(15-29(37)46)33(48)44-13-1-3-27(44)31-38-17-25(40-31)21-9-5-19(6-10-21)20-7-11-22(12-8-20)26-18-39-32(41-26)28-4-2-14-45(28)34(49)24-16-30(47)43-35(50)42-24/h5-12,17-18,23-24,27-28H,1-4,13-16,36H2,(H2,37,46)(H,38,40)(H,39,41)(H2,42,43,47,50)/t23-,24-,27-,28-/m0/s1. The van der Waals surface area contributed by atoms with Crippen LogP contribution >= 0.6 is 0 Å². The number of urea groups is 1. The van der Waals surface area contributed by atoms with Gasteiger partial charge in [0.1, 0.15) is 17.7 Å². The third kappa shape index (κ3) is 6.59. The van der Waals surface area contributed by atoms with E-state index >= 15 is 0 Å². The Balaban J connectivity index is 0.998. The molecule has 15 heteroatoms. The molecule has 3 aliphatic heterocycles. The summed E-state index contributed by atoms with van der Waals surface area (Å²) in [6.07, 6.45) is 6.32. The Labute approximate surface area is 287 Å². The van der Waals surface area contributed by atoms with E-state index in [9.17, 15) is 24.0 Å². The second kappa shape index (κ2) is 13.6. The Bertz CT molecular complexity index is 1920. The first-order chi connectivity index (χ1) is 24.1. The van der Waals surface area contributed by atoms with Gasteiger partial charge in [0, 0.05) is 13.1 Å². The third-order valence-electron chi connectivity index (χ3n) is 9.60. The van der Waals surface area contributed by atoms with Gasteiger partial charge in [0.15, 0.2) is 0 Å². The molecule has 3 fully saturated rings. The maximum absolute atomic E-state index is 13.2. The number of hydrogen-bond acceptors (Lipinski definition) is 8. The van der Waals surface area contributed by atoms with Crippen molar-refractivity contribution in [3.05, 3.63) is 72.6 Å². The summed E-state index contributed by atoms with van der Waals surface area (Å²) < 4.78 is 0. The highest BCUT2D eigenvalue weighted by molar-refractivity contribution is 6.02. The summed E-state index contributed by atoms with van der Waals surface area (Å²) >= 11 is 0. The molecule has 0 spiro atoms. The second-order valence-corrected chi connectivity index (χ2v) is 13.0. The van der Waals surface area contributed by atoms with Gasteiger partial charge in [-0.15, -0.1) is 0 Å². The van der Waals surface area contributed by atoms with Crippen molar-refractivity contribution in [2.24, 2.45) is 11.5 Å². The minimum atomic E-state index is -0.965.